The van der Waals surface area contributed by atoms with Crippen molar-refractivity contribution < 1.29 is 0 Å². The van der Waals surface area contributed by atoms with Gasteiger partial charge in [-0.3, -0.25) is 13.7 Å². The lowest BCUT2D eigenvalue weighted by Gasteiger charge is -2.23. The van der Waals surface area contributed by atoms with E-state index in [1.54, 1.807) is 0 Å². The van der Waals surface area contributed by atoms with E-state index in [-0.39, 0.29) is 17.8 Å². The van der Waals surface area contributed by atoms with Crippen molar-refractivity contribution in [1.29, 1.82) is 0 Å². The maximum Gasteiger partial charge on any atom is 0.144 e. The van der Waals surface area contributed by atoms with Crippen LogP contribution in [-0.4, -0.2) is 28.7 Å². The highest BCUT2D eigenvalue weighted by atomic mass is 15.1. The van der Waals surface area contributed by atoms with E-state index >= 15 is 0 Å². The van der Waals surface area contributed by atoms with Gasteiger partial charge >= 0.3 is 0 Å². The van der Waals surface area contributed by atoms with Crippen LogP contribution in [0.2, 0.25) is 0 Å². The van der Waals surface area contributed by atoms with Crippen molar-refractivity contribution in [3.63, 3.8) is 0 Å². The second-order valence-corrected chi connectivity index (χ2v) is 29.7. The Balaban J connectivity index is 0.765. The normalized spacial score (nSPS) is 11.5. The van der Waals surface area contributed by atoms with Crippen LogP contribution in [0.3, 0.4) is 0 Å². The number of hydrogen-bond donors (Lipinski definition) is 0. The van der Waals surface area contributed by atoms with Crippen molar-refractivity contribution in [1.82, 2.24) is 28.7 Å². The highest BCUT2D eigenvalue weighted by Crippen LogP contribution is 2.45. The molecule has 0 N–H and O–H groups in total. The molecule has 6 heteroatoms. The molecular formula is C102H90N6. The fraction of sp³-hybridized carbons (Fsp3) is 0.147. The molecule has 0 saturated carbocycles. The van der Waals surface area contributed by atoms with Gasteiger partial charge in [0.2, 0.25) is 0 Å². The first-order chi connectivity index (χ1) is 53.0. The molecule has 6 nitrogen and oxygen atoms in total. The van der Waals surface area contributed by atoms with Crippen LogP contribution in [0.1, 0.15) is 109 Å². The standard InChI is InChI=1S/C102H90N6/c1-70(2)91-64-88(79-31-13-7-14-32-79)67-94(97(91)106-55-52-103-100(106)82-37-19-10-20-38-82)85-43-25-28-73(61-85)46-49-76-58-77(50-47-74-29-26-44-86(62-74)95-68-89(80-33-15-8-16-34-80)65-92(71(3)4)98(95)107-56-53-104-101(107)83-39-21-11-22-40-83)60-78(59-76)51-48-75-30-27-45-87(63-75)96-69-90(81-35-17-9-18-36-81)66-93(72(5)6)99(96)108-57-54-105-102(108)84-41-23-12-24-42-84/h7-45,52-72H,46-51H2,1-6H3. The quantitative estimate of drug-likeness (QED) is 0.0606. The third-order valence-electron chi connectivity index (χ3n) is 21.3. The third-order valence-corrected chi connectivity index (χ3v) is 21.3. The first-order valence-corrected chi connectivity index (χ1v) is 38.4. The van der Waals surface area contributed by atoms with Gasteiger partial charge in [0, 0.05) is 70.6 Å². The second-order valence-electron chi connectivity index (χ2n) is 29.7. The molecule has 108 heavy (non-hydrogen) atoms. The van der Waals surface area contributed by atoms with Gasteiger partial charge in [-0.05, 0) is 193 Å². The molecule has 0 aliphatic heterocycles. The smallest absolute Gasteiger partial charge is 0.144 e. The predicted molar refractivity (Wildman–Crippen MR) is 451 cm³/mol. The van der Waals surface area contributed by atoms with E-state index in [9.17, 15) is 0 Å². The second kappa shape index (κ2) is 31.7. The molecule has 0 amide bonds. The van der Waals surface area contributed by atoms with E-state index < -0.39 is 0 Å². The number of aryl methyl sites for hydroxylation is 6. The summed E-state index contributed by atoms with van der Waals surface area (Å²) in [5, 5.41) is 0. The van der Waals surface area contributed by atoms with Crippen LogP contribution in [0.15, 0.2) is 347 Å². The molecule has 0 bridgehead atoms. The number of hydrogen-bond acceptors (Lipinski definition) is 3. The summed E-state index contributed by atoms with van der Waals surface area (Å²) in [4.78, 5) is 15.0. The van der Waals surface area contributed by atoms with E-state index in [1.807, 2.05) is 18.6 Å². The lowest BCUT2D eigenvalue weighted by molar-refractivity contribution is 0.848. The zero-order valence-electron chi connectivity index (χ0n) is 62.6. The average Bonchev–Trinajstić information content (AvgIpc) is 1.34. The Morgan fingerprint density at radius 3 is 0.694 bits per heavy atom. The Kier molecular flexibility index (Phi) is 20.5. The van der Waals surface area contributed by atoms with E-state index in [0.29, 0.717) is 0 Å². The summed E-state index contributed by atoms with van der Waals surface area (Å²) in [6, 6.07) is 114. The molecule has 528 valence electrons. The molecule has 0 fully saturated rings. The van der Waals surface area contributed by atoms with Gasteiger partial charge < -0.3 is 0 Å². The van der Waals surface area contributed by atoms with Gasteiger partial charge in [-0.25, -0.2) is 15.0 Å². The van der Waals surface area contributed by atoms with Crippen molar-refractivity contribution in [2.24, 2.45) is 0 Å². The summed E-state index contributed by atoms with van der Waals surface area (Å²) in [5.41, 5.74) is 32.9. The molecule has 16 aromatic rings. The minimum absolute atomic E-state index is 0.236. The first-order valence-electron chi connectivity index (χ1n) is 38.4. The maximum atomic E-state index is 5.01. The van der Waals surface area contributed by atoms with Gasteiger partial charge in [0.05, 0.1) is 17.1 Å². The summed E-state index contributed by atoms with van der Waals surface area (Å²) >= 11 is 0. The fourth-order valence-corrected chi connectivity index (χ4v) is 15.8. The molecule has 13 aromatic carbocycles. The zero-order chi connectivity index (χ0) is 73.5. The average molecular weight is 1400 g/mol. The SMILES string of the molecule is CC(C)c1cc(-c2ccccc2)cc(-c2cccc(CCc3cc(CCc4cccc(-c5cc(-c6ccccc6)cc(C(C)C)c5-n5ccnc5-c5ccccc5)c4)cc(CCc4cccc(-c5cc(-c6ccccc6)cc(C(C)C)c5-n5ccnc5-c5ccccc5)c4)c3)c2)c1-n1ccnc1-c1ccccc1. The van der Waals surface area contributed by atoms with Gasteiger partial charge in [0.1, 0.15) is 17.5 Å². The topological polar surface area (TPSA) is 53.5 Å². The molecule has 3 heterocycles. The van der Waals surface area contributed by atoms with Crippen molar-refractivity contribution in [3.8, 4) is 118 Å². The minimum atomic E-state index is 0.236. The van der Waals surface area contributed by atoms with Crippen LogP contribution in [0, 0.1) is 0 Å². The van der Waals surface area contributed by atoms with E-state index in [0.717, 1.165) is 72.7 Å². The fourth-order valence-electron chi connectivity index (χ4n) is 15.8. The molecule has 16 rings (SSSR count). The monoisotopic (exact) mass is 1400 g/mol. The van der Waals surface area contributed by atoms with Gasteiger partial charge in [0.25, 0.3) is 0 Å². The Morgan fingerprint density at radius 2 is 0.444 bits per heavy atom. The number of aromatic nitrogens is 6. The molecule has 0 saturated heterocycles. The minimum Gasteiger partial charge on any atom is -0.299 e. The lowest BCUT2D eigenvalue weighted by atomic mass is 9.88. The van der Waals surface area contributed by atoms with Crippen molar-refractivity contribution in [2.45, 2.75) is 97.8 Å². The van der Waals surface area contributed by atoms with Gasteiger partial charge in [-0.1, -0.05) is 315 Å². The van der Waals surface area contributed by atoms with Crippen molar-refractivity contribution >= 4 is 0 Å². The summed E-state index contributed by atoms with van der Waals surface area (Å²) in [6.45, 7) is 13.9. The summed E-state index contributed by atoms with van der Waals surface area (Å²) in [5.74, 6) is 3.49. The zero-order valence-corrected chi connectivity index (χ0v) is 62.6. The Hall–Kier alpha value is -12.5. The van der Waals surface area contributed by atoms with Crippen LogP contribution in [-0.2, 0) is 38.5 Å². The Morgan fingerprint density at radius 1 is 0.213 bits per heavy atom. The van der Waals surface area contributed by atoms with Crippen LogP contribution < -0.4 is 0 Å². The lowest BCUT2D eigenvalue weighted by Crippen LogP contribution is -2.06. The highest BCUT2D eigenvalue weighted by molar-refractivity contribution is 5.87. The molecule has 0 atom stereocenters. The molecule has 0 spiro atoms. The Labute approximate surface area is 637 Å². The molecule has 0 aliphatic rings. The molecule has 0 unspecified atom stereocenters. The van der Waals surface area contributed by atoms with Gasteiger partial charge in [0.15, 0.2) is 0 Å². The Bertz CT molecular complexity index is 5190. The van der Waals surface area contributed by atoms with Crippen molar-refractivity contribution in [3.05, 3.63) is 397 Å². The predicted octanol–water partition coefficient (Wildman–Crippen LogP) is 26.0. The van der Waals surface area contributed by atoms with Gasteiger partial charge in [-0.15, -0.1) is 0 Å². The van der Waals surface area contributed by atoms with Crippen LogP contribution in [0.4, 0.5) is 0 Å². The van der Waals surface area contributed by atoms with Crippen LogP contribution in [0.25, 0.3) is 118 Å². The van der Waals surface area contributed by atoms with Gasteiger partial charge in [-0.2, -0.15) is 0 Å². The van der Waals surface area contributed by atoms with Crippen LogP contribution >= 0.6 is 0 Å². The number of nitrogens with zero attached hydrogens (tertiary/aromatic N) is 6. The summed E-state index contributed by atoms with van der Waals surface area (Å²) < 4.78 is 6.96. The maximum absolute atomic E-state index is 5.01. The van der Waals surface area contributed by atoms with E-state index in [1.165, 1.54) is 134 Å². The number of imidazole rings is 3. The number of rotatable bonds is 24. The first kappa shape index (κ1) is 69.8. The summed E-state index contributed by atoms with van der Waals surface area (Å²) in [7, 11) is 0. The van der Waals surface area contributed by atoms with Crippen LogP contribution in [0.5, 0.6) is 0 Å². The summed E-state index contributed by atoms with van der Waals surface area (Å²) in [6.07, 6.45) is 17.5. The molecular weight excluding hydrogens is 1310 g/mol. The largest absolute Gasteiger partial charge is 0.299 e. The van der Waals surface area contributed by atoms with E-state index in [2.05, 4.69) is 383 Å². The molecule has 3 aromatic heterocycles. The highest BCUT2D eigenvalue weighted by Gasteiger charge is 2.25. The third kappa shape index (κ3) is 15.1. The van der Waals surface area contributed by atoms with Crippen molar-refractivity contribution in [2.75, 3.05) is 0 Å². The number of benzene rings is 13. The van der Waals surface area contributed by atoms with E-state index in [4.69, 9.17) is 15.0 Å². The molecule has 0 radical (unpaired) electrons. The molecule has 0 aliphatic carbocycles.